The molecule has 110 valence electrons. The first-order valence-corrected chi connectivity index (χ1v) is 7.90. The molecule has 1 aliphatic heterocycles. The number of nitrogens with two attached hydrogens (primary N) is 1. The van der Waals surface area contributed by atoms with Crippen LogP contribution in [0.2, 0.25) is 0 Å². The van der Waals surface area contributed by atoms with Crippen LogP contribution >= 0.6 is 0 Å². The molecule has 1 saturated heterocycles. The van der Waals surface area contributed by atoms with Gasteiger partial charge in [0.1, 0.15) is 10.9 Å². The fourth-order valence-electron chi connectivity index (χ4n) is 2.25. The van der Waals surface area contributed by atoms with E-state index in [2.05, 4.69) is 5.16 Å². The zero-order valence-corrected chi connectivity index (χ0v) is 11.8. The Balaban J connectivity index is 1.86. The van der Waals surface area contributed by atoms with E-state index in [0.717, 1.165) is 5.56 Å². The summed E-state index contributed by atoms with van der Waals surface area (Å²) in [5, 5.41) is 8.08. The summed E-state index contributed by atoms with van der Waals surface area (Å²) < 4.78 is 27.8. The molecule has 1 amide bonds. The average Bonchev–Trinajstić information content (AvgIpc) is 3.05. The summed E-state index contributed by atoms with van der Waals surface area (Å²) in [7, 11) is -3.75. The Labute approximate surface area is 121 Å². The Hall–Kier alpha value is -2.19. The van der Waals surface area contributed by atoms with Crippen LogP contribution in [0.15, 0.2) is 40.9 Å². The predicted molar refractivity (Wildman–Crippen MR) is 75.8 cm³/mol. The molecule has 0 aliphatic carbocycles. The second-order valence-electron chi connectivity index (χ2n) is 4.84. The topological polar surface area (TPSA) is 106 Å². The average molecular weight is 307 g/mol. The molecule has 0 bridgehead atoms. The highest BCUT2D eigenvalue weighted by molar-refractivity contribution is 7.89. The van der Waals surface area contributed by atoms with Crippen LogP contribution in [-0.2, 0) is 14.8 Å². The molecule has 7 nitrogen and oxygen atoms in total. The van der Waals surface area contributed by atoms with Crippen molar-refractivity contribution in [3.63, 3.8) is 0 Å². The molecule has 1 atom stereocenters. The van der Waals surface area contributed by atoms with Gasteiger partial charge in [-0.15, -0.1) is 0 Å². The van der Waals surface area contributed by atoms with Crippen LogP contribution in [0.4, 0.5) is 5.88 Å². The molecule has 0 saturated carbocycles. The zero-order chi connectivity index (χ0) is 15.0. The molecule has 2 aromatic rings. The van der Waals surface area contributed by atoms with E-state index in [9.17, 15) is 13.2 Å². The number of hydrogen-bond acceptors (Lipinski definition) is 5. The molecule has 3 rings (SSSR count). The highest BCUT2D eigenvalue weighted by atomic mass is 32.2. The first kappa shape index (κ1) is 13.8. The quantitative estimate of drug-likeness (QED) is 0.900. The van der Waals surface area contributed by atoms with Crippen LogP contribution in [0, 0.1) is 0 Å². The van der Waals surface area contributed by atoms with Crippen molar-refractivity contribution in [2.24, 2.45) is 5.14 Å². The lowest BCUT2D eigenvalue weighted by molar-refractivity contribution is -0.117. The van der Waals surface area contributed by atoms with Gasteiger partial charge in [0, 0.05) is 24.6 Å². The number of aromatic nitrogens is 1. The maximum atomic E-state index is 11.9. The van der Waals surface area contributed by atoms with Crippen molar-refractivity contribution in [3.8, 4) is 11.3 Å². The van der Waals surface area contributed by atoms with Crippen molar-refractivity contribution in [2.75, 3.05) is 11.4 Å². The van der Waals surface area contributed by atoms with E-state index in [0.29, 0.717) is 5.69 Å². The van der Waals surface area contributed by atoms with Crippen molar-refractivity contribution in [1.29, 1.82) is 0 Å². The monoisotopic (exact) mass is 307 g/mol. The number of hydrogen-bond donors (Lipinski definition) is 1. The molecule has 8 heteroatoms. The van der Waals surface area contributed by atoms with Crippen LogP contribution in [-0.4, -0.2) is 31.3 Å². The number of anilines is 1. The number of amides is 1. The van der Waals surface area contributed by atoms with Crippen molar-refractivity contribution >= 4 is 21.8 Å². The number of rotatable bonds is 3. The first-order valence-electron chi connectivity index (χ1n) is 6.29. The van der Waals surface area contributed by atoms with Crippen LogP contribution in [0.1, 0.15) is 6.42 Å². The lowest BCUT2D eigenvalue weighted by atomic mass is 10.1. The predicted octanol–water partition coefficient (Wildman–Crippen LogP) is 0.735. The fourth-order valence-corrected chi connectivity index (χ4v) is 2.98. The molecule has 0 spiro atoms. The standard InChI is InChI=1S/C13H13N3O4S/c14-21(18,19)10-6-12(17)16(8-10)13-7-11(15-20-13)9-4-2-1-3-5-9/h1-5,7,10H,6,8H2,(H2,14,18,19). The summed E-state index contributed by atoms with van der Waals surface area (Å²) in [6.45, 7) is -0.0128. The van der Waals surface area contributed by atoms with Crippen molar-refractivity contribution < 1.29 is 17.7 Å². The van der Waals surface area contributed by atoms with Gasteiger partial charge in [0.2, 0.25) is 21.8 Å². The van der Waals surface area contributed by atoms with E-state index in [4.69, 9.17) is 9.66 Å². The highest BCUT2D eigenvalue weighted by Gasteiger charge is 2.38. The van der Waals surface area contributed by atoms with Gasteiger partial charge in [-0.1, -0.05) is 35.5 Å². The van der Waals surface area contributed by atoms with Crippen molar-refractivity contribution in [2.45, 2.75) is 11.7 Å². The molecular weight excluding hydrogens is 294 g/mol. The normalized spacial score (nSPS) is 19.2. The van der Waals surface area contributed by atoms with Crippen LogP contribution in [0.5, 0.6) is 0 Å². The Morgan fingerprint density at radius 2 is 2.00 bits per heavy atom. The Morgan fingerprint density at radius 3 is 2.62 bits per heavy atom. The molecular formula is C13H13N3O4S. The van der Waals surface area contributed by atoms with Gasteiger partial charge >= 0.3 is 0 Å². The van der Waals surface area contributed by atoms with Gasteiger partial charge in [-0.3, -0.25) is 9.69 Å². The van der Waals surface area contributed by atoms with Gasteiger partial charge in [-0.25, -0.2) is 13.6 Å². The smallest absolute Gasteiger partial charge is 0.234 e. The summed E-state index contributed by atoms with van der Waals surface area (Å²) >= 11 is 0. The van der Waals surface area contributed by atoms with Gasteiger partial charge in [0.05, 0.1) is 0 Å². The Morgan fingerprint density at radius 1 is 1.29 bits per heavy atom. The second-order valence-corrected chi connectivity index (χ2v) is 6.68. The Kier molecular flexibility index (Phi) is 3.26. The highest BCUT2D eigenvalue weighted by Crippen LogP contribution is 2.28. The molecule has 1 fully saturated rings. The minimum absolute atomic E-state index is 0.0128. The zero-order valence-electron chi connectivity index (χ0n) is 11.0. The fraction of sp³-hybridized carbons (Fsp3) is 0.231. The third kappa shape index (κ3) is 2.67. The largest absolute Gasteiger partial charge is 0.338 e. The van der Waals surface area contributed by atoms with E-state index in [1.807, 2.05) is 30.3 Å². The molecule has 0 radical (unpaired) electrons. The van der Waals surface area contributed by atoms with Crippen molar-refractivity contribution in [3.05, 3.63) is 36.4 Å². The minimum Gasteiger partial charge on any atom is -0.338 e. The molecule has 21 heavy (non-hydrogen) atoms. The molecule has 2 N–H and O–H groups in total. The van der Waals surface area contributed by atoms with E-state index >= 15 is 0 Å². The number of carbonyl (C=O) groups is 1. The summed E-state index contributed by atoms with van der Waals surface area (Å²) in [6, 6.07) is 10.9. The maximum Gasteiger partial charge on any atom is 0.234 e. The summed E-state index contributed by atoms with van der Waals surface area (Å²) in [5.74, 6) is -0.116. The number of sulfonamides is 1. The third-order valence-corrected chi connectivity index (χ3v) is 4.63. The minimum atomic E-state index is -3.75. The molecule has 1 unspecified atom stereocenters. The van der Waals surface area contributed by atoms with Gasteiger partial charge in [-0.2, -0.15) is 0 Å². The number of primary sulfonamides is 1. The van der Waals surface area contributed by atoms with Crippen LogP contribution in [0.3, 0.4) is 0 Å². The van der Waals surface area contributed by atoms with E-state index in [1.54, 1.807) is 6.07 Å². The summed E-state index contributed by atoms with van der Waals surface area (Å²) in [4.78, 5) is 13.2. The number of nitrogens with zero attached hydrogens (tertiary/aromatic N) is 2. The van der Waals surface area contributed by atoms with E-state index in [-0.39, 0.29) is 24.8 Å². The summed E-state index contributed by atoms with van der Waals surface area (Å²) in [6.07, 6.45) is -0.139. The maximum absolute atomic E-state index is 11.9. The molecule has 1 aromatic heterocycles. The van der Waals surface area contributed by atoms with Gasteiger partial charge in [0.15, 0.2) is 0 Å². The number of carbonyl (C=O) groups excluding carboxylic acids is 1. The SMILES string of the molecule is NS(=O)(=O)C1CC(=O)N(c2cc(-c3ccccc3)no2)C1. The van der Waals surface area contributed by atoms with Gasteiger partial charge in [-0.05, 0) is 0 Å². The van der Waals surface area contributed by atoms with Crippen LogP contribution in [0.25, 0.3) is 11.3 Å². The lowest BCUT2D eigenvalue weighted by Crippen LogP contribution is -2.31. The second kappa shape index (κ2) is 4.97. The first-order chi connectivity index (χ1) is 9.95. The van der Waals surface area contributed by atoms with Crippen LogP contribution < -0.4 is 10.0 Å². The molecule has 1 aromatic carbocycles. The lowest BCUT2D eigenvalue weighted by Gasteiger charge is -2.10. The third-order valence-electron chi connectivity index (χ3n) is 3.39. The molecule has 1 aliphatic rings. The number of benzene rings is 1. The van der Waals surface area contributed by atoms with E-state index in [1.165, 1.54) is 4.90 Å². The Bertz CT molecular complexity index is 770. The van der Waals surface area contributed by atoms with Crippen molar-refractivity contribution in [1.82, 2.24) is 5.16 Å². The van der Waals surface area contributed by atoms with E-state index < -0.39 is 15.3 Å². The van der Waals surface area contributed by atoms with Gasteiger partial charge < -0.3 is 4.52 Å². The molecule has 2 heterocycles. The summed E-state index contributed by atoms with van der Waals surface area (Å²) in [5.41, 5.74) is 1.43. The van der Waals surface area contributed by atoms with Gasteiger partial charge in [0.25, 0.3) is 0 Å².